The van der Waals surface area contributed by atoms with Crippen molar-refractivity contribution in [3.8, 4) is 17.7 Å². The number of fused-ring (bicyclic) bond motifs is 6. The Bertz CT molecular complexity index is 4290. The van der Waals surface area contributed by atoms with Crippen LogP contribution < -0.4 is 4.74 Å². The third-order valence-corrected chi connectivity index (χ3v) is 16.8. The molecule has 0 bridgehead atoms. The van der Waals surface area contributed by atoms with E-state index in [-0.39, 0.29) is 113 Å². The van der Waals surface area contributed by atoms with Gasteiger partial charge in [0.05, 0.1) is 49.5 Å². The number of nitriles is 1. The fourth-order valence-corrected chi connectivity index (χ4v) is 12.0. The number of thiazole rings is 1. The molecule has 5 aromatic carbocycles. The number of halogens is 1. The lowest BCUT2D eigenvalue weighted by Crippen LogP contribution is -2.08. The van der Waals surface area contributed by atoms with Crippen molar-refractivity contribution in [3.05, 3.63) is 94.0 Å². The average molecular weight is 1160 g/mol. The highest BCUT2D eigenvalue weighted by molar-refractivity contribution is 7.99. The van der Waals surface area contributed by atoms with Gasteiger partial charge in [0.1, 0.15) is 44.9 Å². The number of para-hydroxylation sites is 1. The molecule has 0 fully saturated rings. The number of azo groups is 3. The second-order valence-electron chi connectivity index (χ2n) is 16.3. The van der Waals surface area contributed by atoms with E-state index in [1.54, 1.807) is 26.0 Å². The Morgan fingerprint density at radius 1 is 0.747 bits per heavy atom. The van der Waals surface area contributed by atoms with Gasteiger partial charge in [-0.2, -0.15) is 44.0 Å². The monoisotopic (exact) mass is 1160 g/mol. The van der Waals surface area contributed by atoms with Crippen LogP contribution >= 0.6 is 34.7 Å². The zero-order valence-electron chi connectivity index (χ0n) is 38.8. The molecule has 0 saturated carbocycles. The van der Waals surface area contributed by atoms with Crippen molar-refractivity contribution >= 4 is 146 Å². The Balaban J connectivity index is 1.17. The number of hydrogen-bond acceptors (Lipinski definition) is 21. The SMILES string of the molecule is Cc1cc(N=Nc2c(C)c(C#N)c3nc4c(C)cccc4n3c2O)c(OCCCS(=O)(=O)O)cc1N=Nc1cc(Cl)c(N=Nc2nc3c(S(=O)(=O)O)cc4ccc(S(=O)(=O)O)cc4c3s2)cc1SCCCS(=O)(=O)O. The molecule has 8 aromatic rings. The normalized spacial score (nSPS) is 12.9. The summed E-state index contributed by atoms with van der Waals surface area (Å²) in [6.07, 6.45) is -0.154. The Morgan fingerprint density at radius 2 is 1.44 bits per heavy atom. The summed E-state index contributed by atoms with van der Waals surface area (Å²) in [5.41, 5.74) is 3.02. The number of pyridine rings is 1. The average Bonchev–Trinajstić information content (AvgIpc) is 3.95. The molecule has 3 aromatic heterocycles. The minimum atomic E-state index is -4.88. The fraction of sp³-hybridized carbons (Fsp3) is 0.205. The zero-order valence-corrected chi connectivity index (χ0v) is 44.5. The van der Waals surface area contributed by atoms with Gasteiger partial charge in [-0.25, -0.2) is 9.97 Å². The van der Waals surface area contributed by atoms with Gasteiger partial charge in [-0.05, 0) is 98.3 Å². The van der Waals surface area contributed by atoms with Crippen LogP contribution in [0, 0.1) is 32.1 Å². The van der Waals surface area contributed by atoms with E-state index in [1.807, 2.05) is 13.0 Å². The number of aryl methyl sites for hydroxylation is 2. The molecule has 0 aliphatic rings. The highest BCUT2D eigenvalue weighted by Gasteiger charge is 2.24. The molecule has 0 amide bonds. The van der Waals surface area contributed by atoms with E-state index >= 15 is 0 Å². The van der Waals surface area contributed by atoms with E-state index in [0.29, 0.717) is 21.5 Å². The lowest BCUT2D eigenvalue weighted by molar-refractivity contribution is 0.317. The first kappa shape index (κ1) is 54.6. The summed E-state index contributed by atoms with van der Waals surface area (Å²) in [6.45, 7) is 4.82. The van der Waals surface area contributed by atoms with E-state index in [9.17, 15) is 62.3 Å². The van der Waals surface area contributed by atoms with Gasteiger partial charge in [0.2, 0.25) is 11.0 Å². The van der Waals surface area contributed by atoms with Crippen LogP contribution in [0.5, 0.6) is 11.6 Å². The molecule has 0 aliphatic heterocycles. The molecule has 0 atom stereocenters. The maximum Gasteiger partial charge on any atom is 0.296 e. The highest BCUT2D eigenvalue weighted by Crippen LogP contribution is 2.45. The number of hydrogen-bond donors (Lipinski definition) is 5. The molecule has 3 heterocycles. The zero-order chi connectivity index (χ0) is 54.4. The Morgan fingerprint density at radius 3 is 2.13 bits per heavy atom. The molecular weight excluding hydrogens is 1120 g/mol. The van der Waals surface area contributed by atoms with Crippen molar-refractivity contribution in [3.63, 3.8) is 0 Å². The second kappa shape index (κ2) is 21.2. The van der Waals surface area contributed by atoms with Crippen LogP contribution in [0.15, 0.2) is 112 Å². The molecular formula is C44H37ClN10O14S6. The van der Waals surface area contributed by atoms with Crippen LogP contribution in [0.2, 0.25) is 5.02 Å². The Labute approximate surface area is 439 Å². The molecule has 0 spiro atoms. The summed E-state index contributed by atoms with van der Waals surface area (Å²) in [4.78, 5) is 8.06. The molecule has 0 unspecified atom stereocenters. The van der Waals surface area contributed by atoms with Gasteiger partial charge in [0.25, 0.3) is 40.5 Å². The summed E-state index contributed by atoms with van der Waals surface area (Å²) < 4.78 is 141. The molecule has 24 nitrogen and oxygen atoms in total. The molecule has 8 rings (SSSR count). The number of imidazole rings is 1. The first-order chi connectivity index (χ1) is 35.2. The number of nitrogens with zero attached hydrogens (tertiary/aromatic N) is 10. The fourth-order valence-electron chi connectivity index (χ4n) is 7.48. The van der Waals surface area contributed by atoms with Crippen LogP contribution in [0.4, 0.5) is 33.6 Å². The van der Waals surface area contributed by atoms with E-state index < -0.39 is 61.8 Å². The van der Waals surface area contributed by atoms with Crippen LogP contribution in [-0.4, -0.2) is 95.2 Å². The van der Waals surface area contributed by atoms with Crippen LogP contribution in [0.25, 0.3) is 37.7 Å². The third-order valence-electron chi connectivity index (χ3n) is 11.0. The van der Waals surface area contributed by atoms with E-state index in [4.69, 9.17) is 16.3 Å². The topological polar surface area (TPSA) is 375 Å². The van der Waals surface area contributed by atoms with E-state index in [1.165, 1.54) is 34.7 Å². The minimum Gasteiger partial charge on any atom is -0.493 e. The number of aromatic hydroxyl groups is 1. The van der Waals surface area contributed by atoms with Crippen molar-refractivity contribution in [2.45, 2.75) is 48.3 Å². The van der Waals surface area contributed by atoms with Gasteiger partial charge in [0.15, 0.2) is 11.3 Å². The van der Waals surface area contributed by atoms with Gasteiger partial charge in [0, 0.05) is 21.9 Å². The molecule has 0 saturated heterocycles. The van der Waals surface area contributed by atoms with Crippen molar-refractivity contribution in [1.82, 2.24) is 14.4 Å². The number of ether oxygens (including phenoxy) is 1. The number of benzene rings is 5. The first-order valence-electron chi connectivity index (χ1n) is 21.5. The molecule has 75 heavy (non-hydrogen) atoms. The Hall–Kier alpha value is -6.63. The molecule has 5 N–H and O–H groups in total. The van der Waals surface area contributed by atoms with Crippen molar-refractivity contribution in [1.29, 1.82) is 5.26 Å². The molecule has 0 aliphatic carbocycles. The Kier molecular flexibility index (Phi) is 15.4. The van der Waals surface area contributed by atoms with Gasteiger partial charge in [-0.15, -0.1) is 37.3 Å². The van der Waals surface area contributed by atoms with Crippen molar-refractivity contribution in [2.24, 2.45) is 30.7 Å². The maximum absolute atomic E-state index is 12.4. The molecule has 390 valence electrons. The van der Waals surface area contributed by atoms with Crippen LogP contribution in [0.1, 0.15) is 35.1 Å². The van der Waals surface area contributed by atoms with Crippen molar-refractivity contribution in [2.75, 3.05) is 23.9 Å². The van der Waals surface area contributed by atoms with Crippen LogP contribution in [0.3, 0.4) is 0 Å². The standard InChI is InChI=1S/C44H37ClN10O14S6/c1-22-7-4-8-34-38(22)47-42-28(21-46)24(3)39(43(56)55(34)42)53-51-32-15-23(2)30(19-35(32)69-11-5-13-72(57,58)59)49-52-33-18-29(45)31(20-36(33)70-12-6-14-73(60,61)62)50-54-44-48-40-37(75(66,67)68)16-25-9-10-26(74(63,64)65)17-27(25)41(40)71-44/h4,7-10,15-20,56H,5-6,11-14H2,1-3H3,(H,57,58,59)(H,60,61,62)(H,63,64,65)(H,66,67,68). The van der Waals surface area contributed by atoms with E-state index in [0.717, 1.165) is 46.9 Å². The van der Waals surface area contributed by atoms with Gasteiger partial charge >= 0.3 is 0 Å². The summed E-state index contributed by atoms with van der Waals surface area (Å²) in [7, 11) is -18.2. The second-order valence-corrected chi connectivity index (χ2v) is 24.8. The van der Waals surface area contributed by atoms with Crippen molar-refractivity contribution < 1.29 is 61.7 Å². The number of thioether (sulfide) groups is 1. The third kappa shape index (κ3) is 12.2. The quantitative estimate of drug-likeness (QED) is 0.0230. The molecule has 0 radical (unpaired) electrons. The number of aromatic nitrogens is 3. The van der Waals surface area contributed by atoms with Crippen LogP contribution in [-0.2, 0) is 40.5 Å². The van der Waals surface area contributed by atoms with Gasteiger partial charge in [-0.3, -0.25) is 22.6 Å². The predicted molar refractivity (Wildman–Crippen MR) is 279 cm³/mol. The summed E-state index contributed by atoms with van der Waals surface area (Å²) in [5.74, 6) is -1.42. The largest absolute Gasteiger partial charge is 0.493 e. The minimum absolute atomic E-state index is 0.00537. The molecule has 31 heteroatoms. The lowest BCUT2D eigenvalue weighted by Gasteiger charge is -2.12. The lowest BCUT2D eigenvalue weighted by atomic mass is 10.1. The summed E-state index contributed by atoms with van der Waals surface area (Å²) in [5, 5.41) is 47.8. The van der Waals surface area contributed by atoms with Gasteiger partial charge < -0.3 is 9.84 Å². The predicted octanol–water partition coefficient (Wildman–Crippen LogP) is 11.2. The van der Waals surface area contributed by atoms with E-state index in [2.05, 4.69) is 46.7 Å². The maximum atomic E-state index is 12.4. The van der Waals surface area contributed by atoms with Gasteiger partial charge in [-0.1, -0.05) is 41.1 Å². The number of rotatable bonds is 18. The first-order valence-corrected chi connectivity index (χ1v) is 29.7. The summed E-state index contributed by atoms with van der Waals surface area (Å²) >= 11 is 8.57. The highest BCUT2D eigenvalue weighted by atomic mass is 35.5. The summed E-state index contributed by atoms with van der Waals surface area (Å²) in [6, 6.07) is 17.7. The smallest absolute Gasteiger partial charge is 0.296 e.